The molecule has 4 nitrogen and oxygen atoms in total. The van der Waals surface area contributed by atoms with Gasteiger partial charge in [-0.1, -0.05) is 19.1 Å². The van der Waals surface area contributed by atoms with Crippen LogP contribution in [0.3, 0.4) is 0 Å². The van der Waals surface area contributed by atoms with Gasteiger partial charge in [-0.15, -0.1) is 0 Å². The van der Waals surface area contributed by atoms with Crippen molar-refractivity contribution in [2.75, 3.05) is 0 Å². The minimum atomic E-state index is -0.891. The molecule has 1 N–H and O–H groups in total. The van der Waals surface area contributed by atoms with E-state index in [1.165, 1.54) is 0 Å². The van der Waals surface area contributed by atoms with E-state index in [2.05, 4.69) is 12.0 Å². The molecule has 0 bridgehead atoms. The van der Waals surface area contributed by atoms with Crippen molar-refractivity contribution in [3.05, 3.63) is 41.2 Å². The molecule has 0 saturated carbocycles. The minimum Gasteiger partial charge on any atom is -0.478 e. The number of benzene rings is 1. The van der Waals surface area contributed by atoms with Gasteiger partial charge < -0.3 is 5.11 Å². The second-order valence-corrected chi connectivity index (χ2v) is 4.73. The first kappa shape index (κ1) is 13.3. The Bertz CT molecular complexity index is 615. The van der Waals surface area contributed by atoms with Crippen molar-refractivity contribution in [3.8, 4) is 11.1 Å². The standard InChI is InChI=1S/C15H18N2O2/c1-4-7-17-9-14(11(3)16-17)12-6-5-10(2)13(8-12)15(18)19/h5-6,8-9H,4,7H2,1-3H3,(H,18,19). The second kappa shape index (κ2) is 5.26. The number of aryl methyl sites for hydroxylation is 3. The van der Waals surface area contributed by atoms with Gasteiger partial charge in [0.1, 0.15) is 0 Å². The Morgan fingerprint density at radius 2 is 2.11 bits per heavy atom. The van der Waals surface area contributed by atoms with E-state index in [1.54, 1.807) is 13.0 Å². The molecule has 0 aliphatic rings. The molecule has 0 fully saturated rings. The van der Waals surface area contributed by atoms with E-state index < -0.39 is 5.97 Å². The van der Waals surface area contributed by atoms with Crippen molar-refractivity contribution < 1.29 is 9.90 Å². The highest BCUT2D eigenvalue weighted by molar-refractivity contribution is 5.91. The van der Waals surface area contributed by atoms with Gasteiger partial charge in [-0.05, 0) is 37.5 Å². The van der Waals surface area contributed by atoms with Crippen molar-refractivity contribution in [3.63, 3.8) is 0 Å². The van der Waals surface area contributed by atoms with Crippen molar-refractivity contribution in [2.24, 2.45) is 0 Å². The highest BCUT2D eigenvalue weighted by Gasteiger charge is 2.12. The van der Waals surface area contributed by atoms with Crippen molar-refractivity contribution in [2.45, 2.75) is 33.7 Å². The van der Waals surface area contributed by atoms with Gasteiger partial charge in [0.2, 0.25) is 0 Å². The number of hydrogen-bond donors (Lipinski definition) is 1. The summed E-state index contributed by atoms with van der Waals surface area (Å²) in [7, 11) is 0. The predicted molar refractivity (Wildman–Crippen MR) is 74.4 cm³/mol. The number of nitrogens with zero attached hydrogens (tertiary/aromatic N) is 2. The number of aromatic carboxylic acids is 1. The lowest BCUT2D eigenvalue weighted by atomic mass is 10.0. The zero-order valence-corrected chi connectivity index (χ0v) is 11.5. The number of carboxylic acids is 1. The summed E-state index contributed by atoms with van der Waals surface area (Å²) in [5.74, 6) is -0.891. The lowest BCUT2D eigenvalue weighted by molar-refractivity contribution is 0.0696. The Balaban J connectivity index is 2.47. The molecule has 19 heavy (non-hydrogen) atoms. The molecular weight excluding hydrogens is 240 g/mol. The van der Waals surface area contributed by atoms with Gasteiger partial charge in [0.15, 0.2) is 0 Å². The fourth-order valence-electron chi connectivity index (χ4n) is 2.16. The molecule has 0 aliphatic carbocycles. The summed E-state index contributed by atoms with van der Waals surface area (Å²) in [5, 5.41) is 13.6. The van der Waals surface area contributed by atoms with Crippen LogP contribution in [0.25, 0.3) is 11.1 Å². The van der Waals surface area contributed by atoms with Crippen molar-refractivity contribution in [1.29, 1.82) is 0 Å². The Hall–Kier alpha value is -2.10. The van der Waals surface area contributed by atoms with Crippen LogP contribution >= 0.6 is 0 Å². The Kier molecular flexibility index (Phi) is 3.69. The lowest BCUT2D eigenvalue weighted by Crippen LogP contribution is -1.99. The van der Waals surface area contributed by atoms with E-state index in [0.717, 1.165) is 35.3 Å². The average molecular weight is 258 g/mol. The molecular formula is C15H18N2O2. The van der Waals surface area contributed by atoms with Gasteiger partial charge in [-0.25, -0.2) is 4.79 Å². The van der Waals surface area contributed by atoms with E-state index in [9.17, 15) is 9.90 Å². The first-order valence-electron chi connectivity index (χ1n) is 6.41. The summed E-state index contributed by atoms with van der Waals surface area (Å²) < 4.78 is 1.91. The zero-order valence-electron chi connectivity index (χ0n) is 11.5. The molecule has 0 radical (unpaired) electrons. The number of rotatable bonds is 4. The first-order valence-corrected chi connectivity index (χ1v) is 6.41. The molecule has 1 aromatic carbocycles. The van der Waals surface area contributed by atoms with Crippen LogP contribution in [0, 0.1) is 13.8 Å². The van der Waals surface area contributed by atoms with Crippen LogP contribution in [0.4, 0.5) is 0 Å². The van der Waals surface area contributed by atoms with Crippen LogP contribution in [-0.4, -0.2) is 20.9 Å². The van der Waals surface area contributed by atoms with Gasteiger partial charge in [-0.3, -0.25) is 4.68 Å². The van der Waals surface area contributed by atoms with Crippen LogP contribution in [-0.2, 0) is 6.54 Å². The maximum Gasteiger partial charge on any atom is 0.335 e. The molecule has 2 rings (SSSR count). The molecule has 0 unspecified atom stereocenters. The molecule has 1 aromatic heterocycles. The quantitative estimate of drug-likeness (QED) is 0.915. The predicted octanol–water partition coefficient (Wildman–Crippen LogP) is 3.28. The highest BCUT2D eigenvalue weighted by Crippen LogP contribution is 2.25. The molecule has 0 amide bonds. The lowest BCUT2D eigenvalue weighted by Gasteiger charge is -2.04. The SMILES string of the molecule is CCCn1cc(-c2ccc(C)c(C(=O)O)c2)c(C)n1. The molecule has 4 heteroatoms. The van der Waals surface area contributed by atoms with E-state index in [0.29, 0.717) is 5.56 Å². The normalized spacial score (nSPS) is 10.7. The Morgan fingerprint density at radius 3 is 2.74 bits per heavy atom. The molecule has 0 spiro atoms. The summed E-state index contributed by atoms with van der Waals surface area (Å²) in [4.78, 5) is 11.2. The minimum absolute atomic E-state index is 0.347. The summed E-state index contributed by atoms with van der Waals surface area (Å²) in [6.45, 7) is 6.73. The maximum absolute atomic E-state index is 11.2. The third-order valence-corrected chi connectivity index (χ3v) is 3.18. The van der Waals surface area contributed by atoms with E-state index in [4.69, 9.17) is 0 Å². The largest absolute Gasteiger partial charge is 0.478 e. The average Bonchev–Trinajstić information content (AvgIpc) is 2.71. The van der Waals surface area contributed by atoms with E-state index in [1.807, 2.05) is 29.9 Å². The molecule has 2 aromatic rings. The van der Waals surface area contributed by atoms with Crippen LogP contribution in [0.5, 0.6) is 0 Å². The van der Waals surface area contributed by atoms with Gasteiger partial charge in [0.05, 0.1) is 11.3 Å². The summed E-state index contributed by atoms with van der Waals surface area (Å²) in [6.07, 6.45) is 3.00. The molecule has 100 valence electrons. The van der Waals surface area contributed by atoms with E-state index >= 15 is 0 Å². The number of carbonyl (C=O) groups is 1. The van der Waals surface area contributed by atoms with Crippen LogP contribution in [0.15, 0.2) is 24.4 Å². The molecule has 0 atom stereocenters. The number of carboxylic acid groups (broad SMARTS) is 1. The summed E-state index contributed by atoms with van der Waals surface area (Å²) in [6, 6.07) is 5.51. The second-order valence-electron chi connectivity index (χ2n) is 4.73. The zero-order chi connectivity index (χ0) is 14.0. The molecule has 0 saturated heterocycles. The summed E-state index contributed by atoms with van der Waals surface area (Å²) >= 11 is 0. The van der Waals surface area contributed by atoms with Crippen molar-refractivity contribution in [1.82, 2.24) is 9.78 Å². The Morgan fingerprint density at radius 1 is 1.37 bits per heavy atom. The molecule has 0 aliphatic heterocycles. The molecule has 1 heterocycles. The monoisotopic (exact) mass is 258 g/mol. The summed E-state index contributed by atoms with van der Waals surface area (Å²) in [5.41, 5.74) is 3.95. The number of hydrogen-bond acceptors (Lipinski definition) is 2. The van der Waals surface area contributed by atoms with Gasteiger partial charge >= 0.3 is 5.97 Å². The van der Waals surface area contributed by atoms with Crippen LogP contribution in [0.2, 0.25) is 0 Å². The third kappa shape index (κ3) is 2.67. The highest BCUT2D eigenvalue weighted by atomic mass is 16.4. The van der Waals surface area contributed by atoms with Crippen LogP contribution in [0.1, 0.15) is 35.0 Å². The van der Waals surface area contributed by atoms with Crippen molar-refractivity contribution >= 4 is 5.97 Å². The fourth-order valence-corrected chi connectivity index (χ4v) is 2.16. The van der Waals surface area contributed by atoms with Crippen LogP contribution < -0.4 is 0 Å². The van der Waals surface area contributed by atoms with Gasteiger partial charge in [-0.2, -0.15) is 5.10 Å². The maximum atomic E-state index is 11.2. The van der Waals surface area contributed by atoms with Gasteiger partial charge in [0, 0.05) is 18.3 Å². The topological polar surface area (TPSA) is 55.1 Å². The number of aromatic nitrogens is 2. The third-order valence-electron chi connectivity index (χ3n) is 3.18. The smallest absolute Gasteiger partial charge is 0.335 e. The van der Waals surface area contributed by atoms with E-state index in [-0.39, 0.29) is 0 Å². The van der Waals surface area contributed by atoms with Gasteiger partial charge in [0.25, 0.3) is 0 Å². The fraction of sp³-hybridized carbons (Fsp3) is 0.333. The first-order chi connectivity index (χ1) is 9.02. The Labute approximate surface area is 112 Å².